The SMILES string of the molecule is COc1ccc(-c2cnc(CC3CCCN3)[nH]2)c(OC)c1. The van der Waals surface area contributed by atoms with E-state index in [1.165, 1.54) is 12.8 Å². The molecule has 1 aliphatic rings. The maximum atomic E-state index is 5.44. The van der Waals surface area contributed by atoms with Crippen LogP contribution in [-0.4, -0.2) is 36.8 Å². The van der Waals surface area contributed by atoms with Gasteiger partial charge in [0.05, 0.1) is 26.1 Å². The van der Waals surface area contributed by atoms with Crippen molar-refractivity contribution in [1.82, 2.24) is 15.3 Å². The number of hydrogen-bond donors (Lipinski definition) is 2. The third-order valence-electron chi connectivity index (χ3n) is 3.93. The summed E-state index contributed by atoms with van der Waals surface area (Å²) < 4.78 is 10.7. The van der Waals surface area contributed by atoms with Crippen LogP contribution in [0.2, 0.25) is 0 Å². The first kappa shape index (κ1) is 13.9. The van der Waals surface area contributed by atoms with E-state index in [-0.39, 0.29) is 0 Å². The molecule has 21 heavy (non-hydrogen) atoms. The molecule has 5 heteroatoms. The van der Waals surface area contributed by atoms with E-state index in [1.54, 1.807) is 14.2 Å². The Labute approximate surface area is 124 Å². The van der Waals surface area contributed by atoms with E-state index in [0.717, 1.165) is 41.5 Å². The Morgan fingerprint density at radius 1 is 1.29 bits per heavy atom. The van der Waals surface area contributed by atoms with Crippen LogP contribution in [0.4, 0.5) is 0 Å². The number of nitrogens with one attached hydrogen (secondary N) is 2. The average Bonchev–Trinajstić information content (AvgIpc) is 3.19. The lowest BCUT2D eigenvalue weighted by Gasteiger charge is -2.09. The minimum Gasteiger partial charge on any atom is -0.497 e. The van der Waals surface area contributed by atoms with Gasteiger partial charge in [-0.2, -0.15) is 0 Å². The Bertz CT molecular complexity index is 603. The van der Waals surface area contributed by atoms with Gasteiger partial charge in [0.1, 0.15) is 17.3 Å². The van der Waals surface area contributed by atoms with Gasteiger partial charge in [0.2, 0.25) is 0 Å². The summed E-state index contributed by atoms with van der Waals surface area (Å²) in [6, 6.07) is 6.34. The number of rotatable bonds is 5. The predicted molar refractivity (Wildman–Crippen MR) is 81.9 cm³/mol. The van der Waals surface area contributed by atoms with E-state index in [4.69, 9.17) is 9.47 Å². The van der Waals surface area contributed by atoms with Gasteiger partial charge >= 0.3 is 0 Å². The Kier molecular flexibility index (Phi) is 4.10. The third kappa shape index (κ3) is 3.03. The zero-order valence-electron chi connectivity index (χ0n) is 12.5. The van der Waals surface area contributed by atoms with E-state index in [1.807, 2.05) is 24.4 Å². The topological polar surface area (TPSA) is 59.2 Å². The van der Waals surface area contributed by atoms with Crippen molar-refractivity contribution in [3.8, 4) is 22.8 Å². The molecule has 0 amide bonds. The number of benzene rings is 1. The van der Waals surface area contributed by atoms with Crippen LogP contribution in [0.25, 0.3) is 11.3 Å². The van der Waals surface area contributed by atoms with Gasteiger partial charge in [-0.05, 0) is 31.5 Å². The Morgan fingerprint density at radius 2 is 2.19 bits per heavy atom. The van der Waals surface area contributed by atoms with E-state index in [2.05, 4.69) is 15.3 Å². The predicted octanol–water partition coefficient (Wildman–Crippen LogP) is 2.39. The van der Waals surface area contributed by atoms with Crippen LogP contribution in [0, 0.1) is 0 Å². The Hall–Kier alpha value is -2.01. The number of nitrogens with zero attached hydrogens (tertiary/aromatic N) is 1. The van der Waals surface area contributed by atoms with Gasteiger partial charge in [0.25, 0.3) is 0 Å². The average molecular weight is 287 g/mol. The summed E-state index contributed by atoms with van der Waals surface area (Å²) in [5.41, 5.74) is 1.97. The molecule has 1 aromatic carbocycles. The summed E-state index contributed by atoms with van der Waals surface area (Å²) in [7, 11) is 3.31. The van der Waals surface area contributed by atoms with Gasteiger partial charge in [0, 0.05) is 24.1 Å². The van der Waals surface area contributed by atoms with E-state index >= 15 is 0 Å². The molecular weight excluding hydrogens is 266 g/mol. The van der Waals surface area contributed by atoms with Crippen molar-refractivity contribution in [3.05, 3.63) is 30.2 Å². The fourth-order valence-electron chi connectivity index (χ4n) is 2.79. The van der Waals surface area contributed by atoms with Crippen molar-refractivity contribution in [2.24, 2.45) is 0 Å². The second-order valence-corrected chi connectivity index (χ2v) is 5.31. The number of aromatic nitrogens is 2. The molecule has 0 saturated carbocycles. The smallest absolute Gasteiger partial charge is 0.131 e. The van der Waals surface area contributed by atoms with Crippen LogP contribution in [0.5, 0.6) is 11.5 Å². The monoisotopic (exact) mass is 287 g/mol. The van der Waals surface area contributed by atoms with Crippen molar-refractivity contribution in [3.63, 3.8) is 0 Å². The van der Waals surface area contributed by atoms with Crippen LogP contribution in [0.1, 0.15) is 18.7 Å². The molecule has 1 fully saturated rings. The third-order valence-corrected chi connectivity index (χ3v) is 3.93. The molecule has 1 unspecified atom stereocenters. The number of ether oxygens (including phenoxy) is 2. The van der Waals surface area contributed by atoms with Crippen LogP contribution < -0.4 is 14.8 Å². The summed E-state index contributed by atoms with van der Waals surface area (Å²) in [4.78, 5) is 7.89. The van der Waals surface area contributed by atoms with Gasteiger partial charge in [-0.3, -0.25) is 0 Å². The minimum absolute atomic E-state index is 0.543. The quantitative estimate of drug-likeness (QED) is 0.886. The van der Waals surface area contributed by atoms with Crippen molar-refractivity contribution in [1.29, 1.82) is 0 Å². The highest BCUT2D eigenvalue weighted by Crippen LogP contribution is 2.32. The molecule has 2 N–H and O–H groups in total. The fraction of sp³-hybridized carbons (Fsp3) is 0.438. The molecular formula is C16H21N3O2. The number of methoxy groups -OCH3 is 2. The molecule has 1 saturated heterocycles. The number of imidazole rings is 1. The van der Waals surface area contributed by atoms with Crippen LogP contribution in [0.15, 0.2) is 24.4 Å². The summed E-state index contributed by atoms with van der Waals surface area (Å²) in [5, 5.41) is 3.49. The summed E-state index contributed by atoms with van der Waals surface area (Å²) in [5.74, 6) is 2.58. The lowest BCUT2D eigenvalue weighted by atomic mass is 10.1. The molecule has 0 bridgehead atoms. The molecule has 2 heterocycles. The molecule has 1 aliphatic heterocycles. The summed E-state index contributed by atoms with van der Waals surface area (Å²) in [6.07, 6.45) is 5.29. The van der Waals surface area contributed by atoms with E-state index in [0.29, 0.717) is 6.04 Å². The molecule has 3 rings (SSSR count). The maximum absolute atomic E-state index is 5.44. The molecule has 2 aromatic rings. The van der Waals surface area contributed by atoms with Gasteiger partial charge in [-0.15, -0.1) is 0 Å². The second-order valence-electron chi connectivity index (χ2n) is 5.31. The van der Waals surface area contributed by atoms with Gasteiger partial charge in [-0.1, -0.05) is 0 Å². The van der Waals surface area contributed by atoms with Gasteiger partial charge in [-0.25, -0.2) is 4.98 Å². The lowest BCUT2D eigenvalue weighted by Crippen LogP contribution is -2.24. The largest absolute Gasteiger partial charge is 0.497 e. The van der Waals surface area contributed by atoms with Crippen molar-refractivity contribution < 1.29 is 9.47 Å². The van der Waals surface area contributed by atoms with E-state index in [9.17, 15) is 0 Å². The normalized spacial score (nSPS) is 17.9. The second kappa shape index (κ2) is 6.18. The molecule has 1 atom stereocenters. The molecule has 0 aliphatic carbocycles. The zero-order valence-corrected chi connectivity index (χ0v) is 12.5. The van der Waals surface area contributed by atoms with Crippen LogP contribution in [0.3, 0.4) is 0 Å². The fourth-order valence-corrected chi connectivity index (χ4v) is 2.79. The molecule has 0 spiro atoms. The molecule has 1 aromatic heterocycles. The highest BCUT2D eigenvalue weighted by molar-refractivity contribution is 5.68. The van der Waals surface area contributed by atoms with Crippen LogP contribution >= 0.6 is 0 Å². The van der Waals surface area contributed by atoms with Crippen molar-refractivity contribution in [2.45, 2.75) is 25.3 Å². The summed E-state index contributed by atoms with van der Waals surface area (Å²) in [6.45, 7) is 1.12. The van der Waals surface area contributed by atoms with Crippen molar-refractivity contribution in [2.75, 3.05) is 20.8 Å². The van der Waals surface area contributed by atoms with Gasteiger partial charge < -0.3 is 19.8 Å². The number of hydrogen-bond acceptors (Lipinski definition) is 4. The Morgan fingerprint density at radius 3 is 2.90 bits per heavy atom. The lowest BCUT2D eigenvalue weighted by molar-refractivity contribution is 0.395. The van der Waals surface area contributed by atoms with Gasteiger partial charge in [0.15, 0.2) is 0 Å². The first-order valence-corrected chi connectivity index (χ1v) is 7.30. The zero-order chi connectivity index (χ0) is 14.7. The van der Waals surface area contributed by atoms with E-state index < -0.39 is 0 Å². The molecule has 0 radical (unpaired) electrons. The van der Waals surface area contributed by atoms with Crippen molar-refractivity contribution >= 4 is 0 Å². The molecule has 112 valence electrons. The minimum atomic E-state index is 0.543. The highest BCUT2D eigenvalue weighted by atomic mass is 16.5. The maximum Gasteiger partial charge on any atom is 0.131 e. The summed E-state index contributed by atoms with van der Waals surface area (Å²) >= 11 is 0. The van der Waals surface area contributed by atoms with Crippen LogP contribution in [-0.2, 0) is 6.42 Å². The Balaban J connectivity index is 1.81. The number of H-pyrrole nitrogens is 1. The molecule has 5 nitrogen and oxygen atoms in total. The number of aromatic amines is 1. The standard InChI is InChI=1S/C16H21N3O2/c1-20-12-5-6-13(15(9-12)21-2)14-10-18-16(19-14)8-11-4-3-7-17-11/h5-6,9-11,17H,3-4,7-8H2,1-2H3,(H,18,19). The highest BCUT2D eigenvalue weighted by Gasteiger charge is 2.17. The first-order valence-electron chi connectivity index (χ1n) is 7.30. The first-order chi connectivity index (χ1) is 10.3.